The zero-order valence-electron chi connectivity index (χ0n) is 22.1. The van der Waals surface area contributed by atoms with Gasteiger partial charge in [-0.05, 0) is 58.6 Å². The van der Waals surface area contributed by atoms with Crippen LogP contribution in [0.5, 0.6) is 0 Å². The maximum absolute atomic E-state index is 5.32. The number of aromatic nitrogens is 12. The molecule has 0 bridgehead atoms. The zero-order chi connectivity index (χ0) is 29.3. The van der Waals surface area contributed by atoms with Crippen molar-refractivity contribution >= 4 is 46.0 Å². The zero-order valence-corrected chi connectivity index (χ0v) is 23.8. The van der Waals surface area contributed by atoms with E-state index in [4.69, 9.17) is 23.5 Å². The summed E-state index contributed by atoms with van der Waals surface area (Å²) in [7, 11) is 0. The molecule has 0 amide bonds. The molecule has 2 atom stereocenters. The molecule has 44 heavy (non-hydrogen) atoms. The van der Waals surface area contributed by atoms with Gasteiger partial charge in [0.15, 0.2) is 23.5 Å². The lowest BCUT2D eigenvalue weighted by Gasteiger charge is -2.55. The van der Waals surface area contributed by atoms with Gasteiger partial charge in [-0.15, -0.1) is 10.2 Å². The summed E-state index contributed by atoms with van der Waals surface area (Å²) in [4.78, 5) is 17.9. The Bertz CT molecular complexity index is 1980. The fourth-order valence-corrected chi connectivity index (χ4v) is 6.37. The van der Waals surface area contributed by atoms with Crippen molar-refractivity contribution in [2.75, 3.05) is 9.80 Å². The van der Waals surface area contributed by atoms with Gasteiger partial charge in [0.25, 0.3) is 0 Å². The molecule has 8 heterocycles. The maximum atomic E-state index is 5.32. The quantitative estimate of drug-likeness (QED) is 0.252. The maximum Gasteiger partial charge on any atom is 0.215 e. The van der Waals surface area contributed by atoms with Crippen LogP contribution in [0.1, 0.15) is 34.5 Å². The van der Waals surface area contributed by atoms with E-state index in [0.717, 1.165) is 0 Å². The number of rotatable bonds is 7. The van der Waals surface area contributed by atoms with Gasteiger partial charge < -0.3 is 9.42 Å². The topological polar surface area (TPSA) is 187 Å². The smallest absolute Gasteiger partial charge is 0.215 e. The lowest BCUT2D eigenvalue weighted by atomic mass is 9.83. The van der Waals surface area contributed by atoms with Crippen LogP contribution >= 0.6 is 23.1 Å². The Balaban J connectivity index is 1.63. The number of anilines is 2. The van der Waals surface area contributed by atoms with Crippen LogP contribution in [0.15, 0.2) is 99.8 Å². The third-order valence-electron chi connectivity index (χ3n) is 6.99. The minimum absolute atomic E-state index is 0.335. The first kappa shape index (κ1) is 25.8. The number of hydrogen-bond donors (Lipinski definition) is 0. The summed E-state index contributed by atoms with van der Waals surface area (Å²) in [5.74, 6) is 0.978. The third-order valence-corrected chi connectivity index (χ3v) is 8.03. The van der Waals surface area contributed by atoms with E-state index in [1.165, 1.54) is 35.5 Å². The predicted octanol–water partition coefficient (Wildman–Crippen LogP) is 3.27. The van der Waals surface area contributed by atoms with Crippen LogP contribution in [0.2, 0.25) is 0 Å². The molecule has 18 heteroatoms. The summed E-state index contributed by atoms with van der Waals surface area (Å²) in [5.41, 5.74) is 1.95. The van der Waals surface area contributed by atoms with E-state index < -0.39 is 11.7 Å². The summed E-state index contributed by atoms with van der Waals surface area (Å²) in [6.07, 6.45) is 11.2. The second-order valence-corrected chi connectivity index (χ2v) is 10.5. The lowest BCUT2D eigenvalue weighted by Crippen LogP contribution is -2.64. The number of nitrogens with zero attached hydrogens (tertiary/aromatic N) is 14. The normalized spacial score (nSPS) is 18.6. The number of hydrogen-bond acceptors (Lipinski definition) is 18. The first-order valence-corrected chi connectivity index (χ1v) is 14.6. The van der Waals surface area contributed by atoms with Crippen molar-refractivity contribution in [3.05, 3.63) is 119 Å². The van der Waals surface area contributed by atoms with Crippen LogP contribution < -0.4 is 9.80 Å². The highest BCUT2D eigenvalue weighted by Crippen LogP contribution is 2.57. The largest absolute Gasteiger partial charge is 0.345 e. The van der Waals surface area contributed by atoms with Gasteiger partial charge >= 0.3 is 0 Å². The van der Waals surface area contributed by atoms with Crippen LogP contribution in [0, 0.1) is 0 Å². The molecule has 0 saturated heterocycles. The molecule has 8 rings (SSSR count). The fraction of sp³-hybridized carbons (Fsp3) is 0.0769. The highest BCUT2D eigenvalue weighted by Gasteiger charge is 2.60. The van der Waals surface area contributed by atoms with Crippen LogP contribution in [0.3, 0.4) is 0 Å². The molecular weight excluding hydrogens is 605 g/mol. The van der Waals surface area contributed by atoms with Crippen molar-refractivity contribution in [2.45, 2.75) is 11.7 Å². The molecule has 0 radical (unpaired) electrons. The average molecular weight is 621 g/mol. The Hall–Kier alpha value is -5.88. The van der Waals surface area contributed by atoms with Crippen molar-refractivity contribution in [2.24, 2.45) is 0 Å². The minimum Gasteiger partial charge on any atom is -0.345 e. The Labute approximate surface area is 255 Å². The SMILES string of the molecule is c1ccc(C2=C(c3conn3)N(c3csnn3)C(c3cccnn3)(c3cnon3)N(c3ccsn3)C2c2cnccn2)nc1. The van der Waals surface area contributed by atoms with Crippen molar-refractivity contribution in [3.8, 4) is 0 Å². The molecule has 16 nitrogen and oxygen atoms in total. The first-order valence-electron chi connectivity index (χ1n) is 12.9. The molecule has 0 N–H and O–H groups in total. The summed E-state index contributed by atoms with van der Waals surface area (Å²) in [6, 6.07) is 10.4. The standard InChI is InChI=1S/C26H16N14O2S2/c1-2-7-28-16(4-1)23-24(17-12-27-9-10-29-17)39(21-6-11-43-36-21)26(20-13-31-42-35-20,19-5-3-8-30-33-19)40(22-15-44-38-34-22)25(23)18-14-41-37-32-18/h1-15,24H. The molecule has 7 aromatic rings. The van der Waals surface area contributed by atoms with E-state index in [1.807, 2.05) is 45.5 Å². The van der Waals surface area contributed by atoms with Gasteiger partial charge in [0.1, 0.15) is 17.6 Å². The molecule has 0 aliphatic carbocycles. The molecule has 2 unspecified atom stereocenters. The van der Waals surface area contributed by atoms with Gasteiger partial charge in [0.2, 0.25) is 5.66 Å². The molecule has 0 aromatic carbocycles. The Morgan fingerprint density at radius 2 is 1.84 bits per heavy atom. The predicted molar refractivity (Wildman–Crippen MR) is 154 cm³/mol. The molecule has 7 aromatic heterocycles. The van der Waals surface area contributed by atoms with Crippen molar-refractivity contribution in [3.63, 3.8) is 0 Å². The first-order chi connectivity index (χ1) is 21.9. The summed E-state index contributed by atoms with van der Waals surface area (Å²) < 4.78 is 19.6. The van der Waals surface area contributed by atoms with Crippen molar-refractivity contribution in [1.82, 2.24) is 59.8 Å². The van der Waals surface area contributed by atoms with Crippen LogP contribution in [0.25, 0.3) is 11.3 Å². The van der Waals surface area contributed by atoms with Gasteiger partial charge in [-0.25, -0.2) is 4.63 Å². The molecule has 0 fully saturated rings. The van der Waals surface area contributed by atoms with E-state index in [1.54, 1.807) is 42.4 Å². The molecule has 0 saturated carbocycles. The molecule has 1 aliphatic heterocycles. The average Bonchev–Trinajstić information content (AvgIpc) is 3.93. The van der Waals surface area contributed by atoms with E-state index in [-0.39, 0.29) is 0 Å². The fourth-order valence-electron chi connectivity index (χ4n) is 5.45. The van der Waals surface area contributed by atoms with Gasteiger partial charge in [0.05, 0.1) is 34.9 Å². The monoisotopic (exact) mass is 620 g/mol. The Morgan fingerprint density at radius 3 is 2.52 bits per heavy atom. The van der Waals surface area contributed by atoms with E-state index in [2.05, 4.69) is 45.5 Å². The van der Waals surface area contributed by atoms with Gasteiger partial charge in [0, 0.05) is 41.0 Å². The van der Waals surface area contributed by atoms with Crippen molar-refractivity contribution in [1.29, 1.82) is 0 Å². The van der Waals surface area contributed by atoms with E-state index >= 15 is 0 Å². The summed E-state index contributed by atoms with van der Waals surface area (Å²) >= 11 is 2.45. The van der Waals surface area contributed by atoms with E-state index in [9.17, 15) is 0 Å². The van der Waals surface area contributed by atoms with Gasteiger partial charge in [-0.3, -0.25) is 19.9 Å². The highest BCUT2D eigenvalue weighted by atomic mass is 32.1. The van der Waals surface area contributed by atoms with Crippen LogP contribution in [-0.2, 0) is 5.66 Å². The number of pyridine rings is 1. The Morgan fingerprint density at radius 1 is 0.841 bits per heavy atom. The Kier molecular flexibility index (Phi) is 6.30. The lowest BCUT2D eigenvalue weighted by molar-refractivity contribution is 0.291. The van der Waals surface area contributed by atoms with Crippen LogP contribution in [0.4, 0.5) is 11.6 Å². The molecule has 0 spiro atoms. The third kappa shape index (κ3) is 3.96. The molecule has 214 valence electrons. The second kappa shape index (κ2) is 10.7. The van der Waals surface area contributed by atoms with Crippen LogP contribution in [-0.4, -0.2) is 59.8 Å². The summed E-state index contributed by atoms with van der Waals surface area (Å²) in [6.45, 7) is 0. The molecular formula is C26H16N14O2S2. The van der Waals surface area contributed by atoms with Gasteiger partial charge in [-0.2, -0.15) is 14.6 Å². The highest BCUT2D eigenvalue weighted by molar-refractivity contribution is 7.04. The van der Waals surface area contributed by atoms with Gasteiger partial charge in [-0.1, -0.05) is 15.7 Å². The van der Waals surface area contributed by atoms with E-state index in [0.29, 0.717) is 51.4 Å². The summed E-state index contributed by atoms with van der Waals surface area (Å²) in [5, 5.41) is 33.8. The second-order valence-electron chi connectivity index (χ2n) is 9.20. The minimum atomic E-state index is -1.53. The molecule has 1 aliphatic rings. The van der Waals surface area contributed by atoms with Crippen molar-refractivity contribution < 1.29 is 9.15 Å².